The number of nitrogens with zero attached hydrogens (tertiary/aromatic N) is 4. The summed E-state index contributed by atoms with van der Waals surface area (Å²) >= 11 is 6.26. The molecule has 0 aromatic heterocycles. The molecule has 4 atom stereocenters. The van der Waals surface area contributed by atoms with Crippen molar-refractivity contribution in [2.75, 3.05) is 45.9 Å². The van der Waals surface area contributed by atoms with Crippen molar-refractivity contribution in [2.45, 2.75) is 110 Å². The van der Waals surface area contributed by atoms with E-state index in [0.29, 0.717) is 56.8 Å². The Morgan fingerprint density at radius 3 is 2.02 bits per heavy atom. The molecular formula is C36H56Cl2N4O4. The Bertz CT molecular complexity index is 1220. The number of amides is 3. The van der Waals surface area contributed by atoms with Crippen LogP contribution in [0.1, 0.15) is 92.1 Å². The first-order chi connectivity index (χ1) is 21.1. The molecule has 3 aliphatic heterocycles. The number of morpholine rings is 1. The summed E-state index contributed by atoms with van der Waals surface area (Å²) in [5.41, 5.74) is 0.435. The fourth-order valence-electron chi connectivity index (χ4n) is 7.89. The highest BCUT2D eigenvalue weighted by Crippen LogP contribution is 2.41. The zero-order valence-corrected chi connectivity index (χ0v) is 30.5. The lowest BCUT2D eigenvalue weighted by molar-refractivity contribution is -0.148. The quantitative estimate of drug-likeness (QED) is 0.390. The van der Waals surface area contributed by atoms with Gasteiger partial charge in [-0.05, 0) is 76.5 Å². The summed E-state index contributed by atoms with van der Waals surface area (Å²) in [7, 11) is 0. The maximum atomic E-state index is 14.9. The normalized spacial score (nSPS) is 29.4. The number of hydrogen-bond donors (Lipinski definition) is 0. The molecule has 1 aliphatic carbocycles. The number of hydrogen-bond acceptors (Lipinski definition) is 5. The van der Waals surface area contributed by atoms with E-state index in [2.05, 4.69) is 37.5 Å². The lowest BCUT2D eigenvalue weighted by Crippen LogP contribution is -2.53. The smallest absolute Gasteiger partial charge is 0.245 e. The molecule has 3 heterocycles. The van der Waals surface area contributed by atoms with Crippen LogP contribution in [0.25, 0.3) is 0 Å². The average Bonchev–Trinajstić information content (AvgIpc) is 3.64. The van der Waals surface area contributed by atoms with E-state index in [1.54, 1.807) is 0 Å². The van der Waals surface area contributed by atoms with Gasteiger partial charge in [0.25, 0.3) is 0 Å². The molecule has 258 valence electrons. The molecule has 4 aliphatic rings. The van der Waals surface area contributed by atoms with E-state index >= 15 is 0 Å². The number of likely N-dealkylation sites (tertiary alicyclic amines) is 2. The van der Waals surface area contributed by atoms with Gasteiger partial charge in [0.05, 0.1) is 25.2 Å². The first-order valence-corrected chi connectivity index (χ1v) is 17.5. The highest BCUT2D eigenvalue weighted by molar-refractivity contribution is 6.30. The van der Waals surface area contributed by atoms with Crippen molar-refractivity contribution in [2.24, 2.45) is 17.3 Å². The van der Waals surface area contributed by atoms with Crippen LogP contribution in [-0.2, 0) is 19.1 Å². The fourth-order valence-corrected chi connectivity index (χ4v) is 8.01. The molecule has 0 spiro atoms. The van der Waals surface area contributed by atoms with E-state index in [1.807, 2.05) is 54.8 Å². The molecule has 8 nitrogen and oxygen atoms in total. The Kier molecular flexibility index (Phi) is 11.8. The number of ether oxygens (including phenoxy) is 1. The van der Waals surface area contributed by atoms with E-state index < -0.39 is 11.5 Å². The first-order valence-electron chi connectivity index (χ1n) is 17.2. The van der Waals surface area contributed by atoms with Gasteiger partial charge in [-0.2, -0.15) is 0 Å². The monoisotopic (exact) mass is 678 g/mol. The van der Waals surface area contributed by atoms with Crippen LogP contribution >= 0.6 is 24.0 Å². The van der Waals surface area contributed by atoms with Gasteiger partial charge in [-0.25, -0.2) is 0 Å². The second kappa shape index (κ2) is 14.7. The Hall–Kier alpha value is -1.87. The van der Waals surface area contributed by atoms with Crippen molar-refractivity contribution in [1.82, 2.24) is 19.6 Å². The van der Waals surface area contributed by atoms with Gasteiger partial charge in [-0.15, -0.1) is 12.4 Å². The Morgan fingerprint density at radius 2 is 1.46 bits per heavy atom. The van der Waals surface area contributed by atoms with Crippen LogP contribution in [0.5, 0.6) is 0 Å². The van der Waals surface area contributed by atoms with Crippen molar-refractivity contribution < 1.29 is 19.1 Å². The van der Waals surface area contributed by atoms with Crippen LogP contribution in [0.4, 0.5) is 0 Å². The Balaban J connectivity index is 0.00000480. The first kappa shape index (κ1) is 37.0. The van der Waals surface area contributed by atoms with Crippen LogP contribution < -0.4 is 0 Å². The van der Waals surface area contributed by atoms with Gasteiger partial charge in [-0.3, -0.25) is 19.3 Å². The molecule has 4 fully saturated rings. The third kappa shape index (κ3) is 8.04. The molecule has 3 amide bonds. The molecule has 0 bridgehead atoms. The minimum absolute atomic E-state index is 0. The van der Waals surface area contributed by atoms with Gasteiger partial charge in [0.2, 0.25) is 17.7 Å². The van der Waals surface area contributed by atoms with E-state index in [9.17, 15) is 14.4 Å². The molecule has 0 unspecified atom stereocenters. The van der Waals surface area contributed by atoms with Crippen molar-refractivity contribution in [3.63, 3.8) is 0 Å². The Morgan fingerprint density at radius 1 is 0.848 bits per heavy atom. The minimum Gasteiger partial charge on any atom is -0.378 e. The van der Waals surface area contributed by atoms with Gasteiger partial charge in [0, 0.05) is 60.7 Å². The Labute approximate surface area is 287 Å². The summed E-state index contributed by atoms with van der Waals surface area (Å²) in [4.78, 5) is 51.5. The van der Waals surface area contributed by atoms with Gasteiger partial charge < -0.3 is 19.4 Å². The fraction of sp³-hybridized carbons (Fsp3) is 0.750. The standard InChI is InChI=1S/C36H55ClN4O4.ClH/c1-24-8-14-27(15-9-24)41(34(44)35(2,3)4)28-20-31(33(43)38-16-18-45-19-17-38)40(21-28)32(42)30-23-39(36(5,6)7)22-29(30)25-10-12-26(37)13-11-25;/h10-13,24,27-31H,8-9,14-23H2,1-7H3;1H/t24?,27?,28-,29-,30+,31-;/m0./s1. The van der Waals surface area contributed by atoms with Crippen molar-refractivity contribution in [3.8, 4) is 0 Å². The molecule has 46 heavy (non-hydrogen) atoms. The van der Waals surface area contributed by atoms with Crippen LogP contribution in [0.3, 0.4) is 0 Å². The van der Waals surface area contributed by atoms with Crippen molar-refractivity contribution in [1.29, 1.82) is 0 Å². The SMILES string of the molecule is CC1CCC(N(C(=O)C(C)(C)C)[C@H]2C[C@@H](C(=O)N3CCOCC3)N(C(=O)[C@@H]3CN(C(C)(C)C)C[C@H]3c3ccc(Cl)cc3)C2)CC1.Cl. The minimum atomic E-state index is -0.590. The average molecular weight is 680 g/mol. The lowest BCUT2D eigenvalue weighted by Gasteiger charge is -2.42. The molecule has 1 aromatic rings. The molecule has 10 heteroatoms. The summed E-state index contributed by atoms with van der Waals surface area (Å²) in [6.07, 6.45) is 4.61. The van der Waals surface area contributed by atoms with Crippen LogP contribution in [0.15, 0.2) is 24.3 Å². The largest absolute Gasteiger partial charge is 0.378 e. The van der Waals surface area contributed by atoms with E-state index in [1.165, 1.54) is 0 Å². The van der Waals surface area contributed by atoms with E-state index in [0.717, 1.165) is 37.8 Å². The predicted molar refractivity (Wildman–Crippen MR) is 185 cm³/mol. The summed E-state index contributed by atoms with van der Waals surface area (Å²) in [6, 6.07) is 7.23. The number of carbonyl (C=O) groups excluding carboxylic acids is 3. The highest BCUT2D eigenvalue weighted by Gasteiger charge is 2.51. The number of benzene rings is 1. The number of carbonyl (C=O) groups is 3. The molecule has 1 aromatic carbocycles. The predicted octanol–water partition coefficient (Wildman–Crippen LogP) is 5.86. The highest BCUT2D eigenvalue weighted by atomic mass is 35.5. The zero-order valence-electron chi connectivity index (χ0n) is 29.0. The van der Waals surface area contributed by atoms with Crippen LogP contribution in [0.2, 0.25) is 5.02 Å². The van der Waals surface area contributed by atoms with Crippen molar-refractivity contribution in [3.05, 3.63) is 34.9 Å². The lowest BCUT2D eigenvalue weighted by atomic mass is 9.84. The molecule has 3 saturated heterocycles. The number of rotatable bonds is 5. The van der Waals surface area contributed by atoms with Gasteiger partial charge >= 0.3 is 0 Å². The second-order valence-corrected chi connectivity index (χ2v) is 16.5. The second-order valence-electron chi connectivity index (χ2n) is 16.1. The van der Waals surface area contributed by atoms with E-state index in [-0.39, 0.29) is 59.6 Å². The summed E-state index contributed by atoms with van der Waals surface area (Å²) in [5, 5.41) is 0.673. The molecule has 5 rings (SSSR count). The summed E-state index contributed by atoms with van der Waals surface area (Å²) in [6.45, 7) is 18.7. The van der Waals surface area contributed by atoms with Gasteiger partial charge in [0.1, 0.15) is 6.04 Å². The van der Waals surface area contributed by atoms with Crippen LogP contribution in [0, 0.1) is 17.3 Å². The summed E-state index contributed by atoms with van der Waals surface area (Å²) < 4.78 is 5.56. The van der Waals surface area contributed by atoms with Gasteiger partial charge in [-0.1, -0.05) is 51.4 Å². The topological polar surface area (TPSA) is 73.4 Å². The number of halogens is 2. The molecule has 0 radical (unpaired) electrons. The molecule has 0 N–H and O–H groups in total. The zero-order chi connectivity index (χ0) is 32.7. The molecular weight excluding hydrogens is 623 g/mol. The van der Waals surface area contributed by atoms with Gasteiger partial charge in [0.15, 0.2) is 0 Å². The van der Waals surface area contributed by atoms with Crippen molar-refractivity contribution >= 4 is 41.7 Å². The third-order valence-corrected chi connectivity index (χ3v) is 11.0. The third-order valence-electron chi connectivity index (χ3n) is 10.7. The van der Waals surface area contributed by atoms with Crippen LogP contribution in [-0.4, -0.2) is 107 Å². The summed E-state index contributed by atoms with van der Waals surface area (Å²) in [5.74, 6) is 0.478. The maximum Gasteiger partial charge on any atom is 0.245 e. The molecule has 1 saturated carbocycles. The van der Waals surface area contributed by atoms with E-state index in [4.69, 9.17) is 16.3 Å². The maximum absolute atomic E-state index is 14.9.